The maximum absolute atomic E-state index is 11.5. The molecule has 0 amide bonds. The summed E-state index contributed by atoms with van der Waals surface area (Å²) in [4.78, 5) is -0.159. The molecule has 0 heterocycles. The minimum absolute atomic E-state index is 0. The number of methoxy groups -OCH3 is 1. The standard InChI is InChI=1S/C17H22O4S.Na/c1-5-16(21-4)14-7-6-12(11(2)3)10-15-13(14)8-9-17(15)22(18,19)20;/h6-11,16H,5H2,1-4H3,(H,18,19,20);/q;+1/p-1. The van der Waals surface area contributed by atoms with Crippen LogP contribution in [0.4, 0.5) is 0 Å². The Labute approximate surface area is 160 Å². The molecule has 23 heavy (non-hydrogen) atoms. The topological polar surface area (TPSA) is 66.4 Å². The Morgan fingerprint density at radius 2 is 1.78 bits per heavy atom. The summed E-state index contributed by atoms with van der Waals surface area (Å²) in [6.45, 7) is 6.07. The second-order valence-electron chi connectivity index (χ2n) is 5.70. The van der Waals surface area contributed by atoms with E-state index >= 15 is 0 Å². The third-order valence-electron chi connectivity index (χ3n) is 3.97. The third kappa shape index (κ3) is 4.35. The van der Waals surface area contributed by atoms with Crippen LogP contribution in [0.3, 0.4) is 0 Å². The molecule has 4 nitrogen and oxygen atoms in total. The minimum atomic E-state index is -4.51. The predicted molar refractivity (Wildman–Crippen MR) is 85.2 cm³/mol. The maximum Gasteiger partial charge on any atom is 1.00 e. The second-order valence-corrected chi connectivity index (χ2v) is 7.05. The first-order valence-electron chi connectivity index (χ1n) is 7.34. The molecule has 2 aliphatic carbocycles. The Kier molecular flexibility index (Phi) is 7.26. The number of hydrogen-bond acceptors (Lipinski definition) is 4. The summed E-state index contributed by atoms with van der Waals surface area (Å²) in [5.74, 6) is 0.225. The Morgan fingerprint density at radius 3 is 2.26 bits per heavy atom. The van der Waals surface area contributed by atoms with Crippen molar-refractivity contribution in [2.24, 2.45) is 0 Å². The zero-order valence-electron chi connectivity index (χ0n) is 14.3. The van der Waals surface area contributed by atoms with Crippen LogP contribution in [0.5, 0.6) is 0 Å². The zero-order valence-corrected chi connectivity index (χ0v) is 17.1. The normalized spacial score (nSPS) is 13.1. The van der Waals surface area contributed by atoms with E-state index in [0.717, 1.165) is 23.1 Å². The molecule has 0 fully saturated rings. The summed E-state index contributed by atoms with van der Waals surface area (Å²) >= 11 is 0. The predicted octanol–water partition coefficient (Wildman–Crippen LogP) is 0.920. The van der Waals surface area contributed by atoms with Gasteiger partial charge in [0.25, 0.3) is 0 Å². The van der Waals surface area contributed by atoms with E-state index in [0.29, 0.717) is 5.56 Å². The van der Waals surface area contributed by atoms with Crippen LogP contribution in [-0.2, 0) is 14.9 Å². The number of hydrogen-bond donors (Lipinski definition) is 0. The van der Waals surface area contributed by atoms with Crippen LogP contribution in [0.2, 0.25) is 0 Å². The van der Waals surface area contributed by atoms with Gasteiger partial charge in [-0.25, -0.2) is 8.42 Å². The Hall–Kier alpha value is -0.430. The van der Waals surface area contributed by atoms with Crippen molar-refractivity contribution in [3.05, 3.63) is 41.5 Å². The molecule has 0 saturated heterocycles. The molecule has 1 unspecified atom stereocenters. The molecule has 0 spiro atoms. The molecule has 0 aromatic rings. The SMILES string of the molecule is CCC(OC)c1ccc(C(C)C)cc2c(S(=O)(=O)[O-])ccc1-2.[Na+]. The largest absolute Gasteiger partial charge is 1.00 e. The molecule has 0 aromatic heterocycles. The average Bonchev–Trinajstić information content (AvgIpc) is 2.76. The van der Waals surface area contributed by atoms with Crippen molar-refractivity contribution in [1.29, 1.82) is 0 Å². The van der Waals surface area contributed by atoms with E-state index in [1.807, 2.05) is 32.9 Å². The van der Waals surface area contributed by atoms with Crippen LogP contribution >= 0.6 is 0 Å². The van der Waals surface area contributed by atoms with E-state index in [1.54, 1.807) is 19.2 Å². The molecular formula is C17H21NaO4S. The summed E-state index contributed by atoms with van der Waals surface area (Å²) < 4.78 is 40.1. The number of rotatable bonds is 5. The maximum atomic E-state index is 11.5. The van der Waals surface area contributed by atoms with Gasteiger partial charge in [0.1, 0.15) is 10.1 Å². The van der Waals surface area contributed by atoms with Gasteiger partial charge in [0.2, 0.25) is 0 Å². The fourth-order valence-electron chi connectivity index (χ4n) is 2.73. The summed E-state index contributed by atoms with van der Waals surface area (Å²) in [6, 6.07) is 8.83. The first kappa shape index (κ1) is 20.6. The van der Waals surface area contributed by atoms with Crippen molar-refractivity contribution in [3.63, 3.8) is 0 Å². The molecule has 2 aliphatic rings. The van der Waals surface area contributed by atoms with Crippen molar-refractivity contribution in [1.82, 2.24) is 0 Å². The summed E-state index contributed by atoms with van der Waals surface area (Å²) in [7, 11) is -2.88. The Bertz CT molecular complexity index is 736. The molecule has 0 bridgehead atoms. The van der Waals surface area contributed by atoms with Crippen molar-refractivity contribution in [2.75, 3.05) is 7.11 Å². The molecule has 0 saturated carbocycles. The Balaban J connectivity index is 0.00000264. The molecule has 1 atom stereocenters. The monoisotopic (exact) mass is 344 g/mol. The van der Waals surface area contributed by atoms with E-state index in [-0.39, 0.29) is 46.5 Å². The van der Waals surface area contributed by atoms with Gasteiger partial charge in [-0.05, 0) is 46.7 Å². The van der Waals surface area contributed by atoms with Crippen molar-refractivity contribution < 1.29 is 47.3 Å². The van der Waals surface area contributed by atoms with Gasteiger partial charge >= 0.3 is 29.6 Å². The smallest absolute Gasteiger partial charge is 0.744 e. The first-order valence-corrected chi connectivity index (χ1v) is 8.75. The van der Waals surface area contributed by atoms with Gasteiger partial charge in [-0.1, -0.05) is 39.0 Å². The first-order chi connectivity index (χ1) is 10.3. The quantitative estimate of drug-likeness (QED) is 0.598. The van der Waals surface area contributed by atoms with Crippen LogP contribution < -0.4 is 29.6 Å². The fraction of sp³-hybridized carbons (Fsp3) is 0.412. The number of ether oxygens (including phenoxy) is 1. The molecule has 2 rings (SSSR count). The fourth-order valence-corrected chi connectivity index (χ4v) is 3.41. The molecular weight excluding hydrogens is 323 g/mol. The van der Waals surface area contributed by atoms with Gasteiger partial charge in [-0.3, -0.25) is 0 Å². The van der Waals surface area contributed by atoms with E-state index in [9.17, 15) is 13.0 Å². The van der Waals surface area contributed by atoms with Crippen molar-refractivity contribution in [3.8, 4) is 11.1 Å². The van der Waals surface area contributed by atoms with E-state index in [4.69, 9.17) is 4.74 Å². The number of fused-ring (bicyclic) bond motifs is 1. The van der Waals surface area contributed by atoms with Gasteiger partial charge in [-0.2, -0.15) is 0 Å². The summed E-state index contributed by atoms with van der Waals surface area (Å²) in [5, 5.41) is 0. The van der Waals surface area contributed by atoms with E-state index in [2.05, 4.69) is 0 Å². The van der Waals surface area contributed by atoms with Gasteiger partial charge < -0.3 is 9.29 Å². The van der Waals surface area contributed by atoms with Crippen LogP contribution in [-0.4, -0.2) is 20.1 Å². The minimum Gasteiger partial charge on any atom is -0.744 e. The van der Waals surface area contributed by atoms with Crippen LogP contribution in [0, 0.1) is 0 Å². The van der Waals surface area contributed by atoms with Gasteiger partial charge in [0.05, 0.1) is 11.0 Å². The molecule has 0 aromatic carbocycles. The van der Waals surface area contributed by atoms with Crippen molar-refractivity contribution >= 4 is 10.1 Å². The third-order valence-corrected chi connectivity index (χ3v) is 4.87. The van der Waals surface area contributed by atoms with Gasteiger partial charge in [0.15, 0.2) is 0 Å². The van der Waals surface area contributed by atoms with Gasteiger partial charge in [0, 0.05) is 7.11 Å². The molecule has 6 heteroatoms. The van der Waals surface area contributed by atoms with Crippen molar-refractivity contribution in [2.45, 2.75) is 44.1 Å². The molecule has 0 N–H and O–H groups in total. The molecule has 0 aliphatic heterocycles. The van der Waals surface area contributed by atoms with Crippen LogP contribution in [0.1, 0.15) is 50.3 Å². The second kappa shape index (κ2) is 8.10. The summed E-state index contributed by atoms with van der Waals surface area (Å²) in [6.07, 6.45) is 0.622. The zero-order chi connectivity index (χ0) is 16.5. The van der Waals surface area contributed by atoms with Crippen LogP contribution in [0.15, 0.2) is 35.2 Å². The Morgan fingerprint density at radius 1 is 1.13 bits per heavy atom. The van der Waals surface area contributed by atoms with E-state index in [1.165, 1.54) is 6.07 Å². The summed E-state index contributed by atoms with van der Waals surface area (Å²) in [5.41, 5.74) is 3.13. The van der Waals surface area contributed by atoms with Crippen LogP contribution in [0.25, 0.3) is 11.1 Å². The van der Waals surface area contributed by atoms with Gasteiger partial charge in [-0.15, -0.1) is 0 Å². The molecule has 0 radical (unpaired) electrons. The average molecular weight is 344 g/mol. The molecule has 120 valence electrons. The van der Waals surface area contributed by atoms with E-state index < -0.39 is 10.1 Å².